The minimum Gasteiger partial charge on any atom is -0.481 e. The number of carboxylic acids is 1. The summed E-state index contributed by atoms with van der Waals surface area (Å²) in [4.78, 5) is 11.6. The lowest BCUT2D eigenvalue weighted by atomic mass is 9.89. The fourth-order valence-electron chi connectivity index (χ4n) is 3.43. The van der Waals surface area contributed by atoms with Crippen LogP contribution in [0.15, 0.2) is 0 Å². The lowest BCUT2D eigenvalue weighted by molar-refractivity contribution is -0.144. The van der Waals surface area contributed by atoms with Gasteiger partial charge in [-0.1, -0.05) is 60.3 Å². The van der Waals surface area contributed by atoms with E-state index >= 15 is 0 Å². The average molecular weight is 416 g/mol. The number of hydrogen-bond acceptors (Lipinski definition) is 3. The van der Waals surface area contributed by atoms with Crippen molar-refractivity contribution in [1.29, 1.82) is 0 Å². The second-order valence-electron chi connectivity index (χ2n) is 10.4. The third kappa shape index (κ3) is 10.4. The zero-order chi connectivity index (χ0) is 22.0. The highest BCUT2D eigenvalue weighted by Crippen LogP contribution is 2.39. The number of aliphatic carboxylic acids is 1. The molecule has 0 rings (SSSR count). The molecule has 0 unspecified atom stereocenters. The summed E-state index contributed by atoms with van der Waals surface area (Å²) in [6, 6.07) is 0. The van der Waals surface area contributed by atoms with Gasteiger partial charge in [-0.05, 0) is 69.1 Å². The Morgan fingerprint density at radius 3 is 2.07 bits per heavy atom. The van der Waals surface area contributed by atoms with Gasteiger partial charge >= 0.3 is 5.97 Å². The molecule has 3 N–H and O–H groups in total. The van der Waals surface area contributed by atoms with Crippen molar-refractivity contribution in [2.24, 2.45) is 23.5 Å². The second-order valence-corrected chi connectivity index (χ2v) is 15.1. The third-order valence-corrected chi connectivity index (χ3v) is 11.4. The molecule has 0 radical (unpaired) electrons. The van der Waals surface area contributed by atoms with E-state index in [0.29, 0.717) is 5.92 Å². The first-order chi connectivity index (χ1) is 12.9. The van der Waals surface area contributed by atoms with E-state index in [1.54, 1.807) is 6.92 Å². The Balaban J connectivity index is 4.62. The van der Waals surface area contributed by atoms with Crippen molar-refractivity contribution in [2.45, 2.75) is 117 Å². The van der Waals surface area contributed by atoms with Crippen LogP contribution in [0.25, 0.3) is 0 Å². The van der Waals surface area contributed by atoms with E-state index in [0.717, 1.165) is 31.7 Å². The molecule has 4 nitrogen and oxygen atoms in total. The van der Waals surface area contributed by atoms with Crippen molar-refractivity contribution in [3.05, 3.63) is 0 Å². The largest absolute Gasteiger partial charge is 0.481 e. The Kier molecular flexibility index (Phi) is 12.8. The summed E-state index contributed by atoms with van der Waals surface area (Å²) in [5.74, 6) is 0.208. The number of rotatable bonds is 15. The minimum atomic E-state index is -1.98. The summed E-state index contributed by atoms with van der Waals surface area (Å²) in [5.41, 5.74) is 5.64. The van der Waals surface area contributed by atoms with Crippen LogP contribution in [-0.2, 0) is 9.22 Å². The molecule has 0 saturated carbocycles. The van der Waals surface area contributed by atoms with Crippen molar-refractivity contribution in [3.63, 3.8) is 0 Å². The Morgan fingerprint density at radius 1 is 1.04 bits per heavy atom. The van der Waals surface area contributed by atoms with Gasteiger partial charge in [0, 0.05) is 0 Å². The van der Waals surface area contributed by atoms with Crippen LogP contribution >= 0.6 is 0 Å². The second kappa shape index (κ2) is 13.0. The molecule has 0 amide bonds. The Labute approximate surface area is 176 Å². The molecule has 0 aliphatic carbocycles. The van der Waals surface area contributed by atoms with Crippen LogP contribution in [-0.4, -0.2) is 32.0 Å². The smallest absolute Gasteiger partial charge is 0.308 e. The Hall–Kier alpha value is -0.393. The predicted molar refractivity (Wildman–Crippen MR) is 123 cm³/mol. The molecule has 0 aliphatic rings. The topological polar surface area (TPSA) is 72.5 Å². The third-order valence-electron chi connectivity index (χ3n) is 6.85. The molecule has 0 aliphatic heterocycles. The maximum Gasteiger partial charge on any atom is 0.308 e. The average Bonchev–Trinajstić information content (AvgIpc) is 2.59. The van der Waals surface area contributed by atoms with Crippen LogP contribution < -0.4 is 5.73 Å². The highest BCUT2D eigenvalue weighted by atomic mass is 28.4. The number of carbonyl (C=O) groups is 1. The predicted octanol–water partition coefficient (Wildman–Crippen LogP) is 6.45. The van der Waals surface area contributed by atoms with E-state index < -0.39 is 20.2 Å². The first kappa shape index (κ1) is 27.6. The van der Waals surface area contributed by atoms with Crippen LogP contribution in [0.2, 0.25) is 18.1 Å². The van der Waals surface area contributed by atoms with Gasteiger partial charge in [0.05, 0.1) is 12.0 Å². The number of hydrogen-bond donors (Lipinski definition) is 2. The van der Waals surface area contributed by atoms with E-state index in [4.69, 9.17) is 10.2 Å². The summed E-state index contributed by atoms with van der Waals surface area (Å²) >= 11 is 0. The van der Waals surface area contributed by atoms with Crippen molar-refractivity contribution in [1.82, 2.24) is 0 Å². The minimum absolute atomic E-state index is 0.0911. The van der Waals surface area contributed by atoms with Gasteiger partial charge in [0.2, 0.25) is 0 Å². The lowest BCUT2D eigenvalue weighted by Crippen LogP contribution is -2.46. The summed E-state index contributed by atoms with van der Waals surface area (Å²) in [5, 5.41) is 9.64. The molecular formula is C23H49NO3Si. The maximum absolute atomic E-state index is 11.6. The molecule has 0 heterocycles. The normalized spacial score (nSPS) is 17.2. The Morgan fingerprint density at radius 2 is 1.61 bits per heavy atom. The van der Waals surface area contributed by atoms with Crippen LogP contribution in [0.3, 0.4) is 0 Å². The SMILES string of the molecule is CC[C@H](CCCN)CCC[C@@H](C)CC[C@H](O[Si](C)(C)C(C)(C)C)[C@@H](C)C(=O)O. The molecule has 0 spiro atoms. The zero-order valence-electron chi connectivity index (χ0n) is 20.0. The van der Waals surface area contributed by atoms with Crippen molar-refractivity contribution in [2.75, 3.05) is 6.54 Å². The molecule has 0 saturated heterocycles. The number of nitrogens with two attached hydrogens (primary N) is 1. The lowest BCUT2D eigenvalue weighted by Gasteiger charge is -2.40. The zero-order valence-corrected chi connectivity index (χ0v) is 21.0. The van der Waals surface area contributed by atoms with Gasteiger partial charge in [-0.2, -0.15) is 0 Å². The summed E-state index contributed by atoms with van der Waals surface area (Å²) in [7, 11) is -1.98. The maximum atomic E-state index is 11.6. The quantitative estimate of drug-likeness (QED) is 0.301. The summed E-state index contributed by atoms with van der Waals surface area (Å²) in [6.45, 7) is 18.2. The molecule has 4 atom stereocenters. The molecule has 0 aromatic rings. The van der Waals surface area contributed by atoms with Crippen LogP contribution in [0.5, 0.6) is 0 Å². The highest BCUT2D eigenvalue weighted by molar-refractivity contribution is 6.74. The molecule has 0 fully saturated rings. The highest BCUT2D eigenvalue weighted by Gasteiger charge is 2.41. The van der Waals surface area contributed by atoms with E-state index in [-0.39, 0.29) is 11.1 Å². The van der Waals surface area contributed by atoms with E-state index in [9.17, 15) is 9.90 Å². The molecular weight excluding hydrogens is 366 g/mol. The van der Waals surface area contributed by atoms with Crippen LogP contribution in [0.1, 0.15) is 92.9 Å². The fraction of sp³-hybridized carbons (Fsp3) is 0.957. The van der Waals surface area contributed by atoms with Gasteiger partial charge in [0.25, 0.3) is 0 Å². The van der Waals surface area contributed by atoms with Gasteiger partial charge in [0.15, 0.2) is 8.32 Å². The number of carboxylic acid groups (broad SMARTS) is 1. The molecule has 28 heavy (non-hydrogen) atoms. The van der Waals surface area contributed by atoms with E-state index in [2.05, 4.69) is 47.7 Å². The monoisotopic (exact) mass is 415 g/mol. The van der Waals surface area contributed by atoms with Crippen LogP contribution in [0, 0.1) is 17.8 Å². The van der Waals surface area contributed by atoms with Crippen molar-refractivity contribution in [3.8, 4) is 0 Å². The van der Waals surface area contributed by atoms with Crippen molar-refractivity contribution >= 4 is 14.3 Å². The Bertz CT molecular complexity index is 434. The summed E-state index contributed by atoms with van der Waals surface area (Å²) < 4.78 is 6.53. The van der Waals surface area contributed by atoms with Gasteiger partial charge in [-0.3, -0.25) is 4.79 Å². The van der Waals surface area contributed by atoms with Gasteiger partial charge in [0.1, 0.15) is 0 Å². The van der Waals surface area contributed by atoms with Crippen molar-refractivity contribution < 1.29 is 14.3 Å². The molecule has 5 heteroatoms. The fourth-order valence-corrected chi connectivity index (χ4v) is 4.86. The van der Waals surface area contributed by atoms with E-state index in [1.807, 2.05) is 0 Å². The molecule has 0 aromatic carbocycles. The van der Waals surface area contributed by atoms with Gasteiger partial charge in [-0.15, -0.1) is 0 Å². The van der Waals surface area contributed by atoms with Gasteiger partial charge in [-0.25, -0.2) is 0 Å². The standard InChI is InChI=1S/C23H49NO3Si/c1-9-20(14-11-17-24)13-10-12-18(2)15-16-21(19(3)22(25)26)27-28(7,8)23(4,5)6/h18-21H,9-17,24H2,1-8H3,(H,25,26)/t18-,19-,20+,21+/m1/s1. The molecule has 0 aromatic heterocycles. The molecule has 0 bridgehead atoms. The molecule has 168 valence electrons. The van der Waals surface area contributed by atoms with Crippen LogP contribution in [0.4, 0.5) is 0 Å². The first-order valence-electron chi connectivity index (χ1n) is 11.5. The first-order valence-corrected chi connectivity index (χ1v) is 14.4. The van der Waals surface area contributed by atoms with Gasteiger partial charge < -0.3 is 15.3 Å². The van der Waals surface area contributed by atoms with E-state index in [1.165, 1.54) is 32.1 Å². The summed E-state index contributed by atoms with van der Waals surface area (Å²) in [6.07, 6.45) is 9.08.